The van der Waals surface area contributed by atoms with E-state index in [0.29, 0.717) is 18.8 Å². The van der Waals surface area contributed by atoms with Crippen LogP contribution in [-0.2, 0) is 28.5 Å². The molecular formula is C25H42O9. The molecule has 0 aromatic carbocycles. The summed E-state index contributed by atoms with van der Waals surface area (Å²) in [7, 11) is 0. The van der Waals surface area contributed by atoms with Gasteiger partial charge in [0.1, 0.15) is 24.9 Å². The van der Waals surface area contributed by atoms with Gasteiger partial charge in [0.15, 0.2) is 12.4 Å². The third-order valence-electron chi connectivity index (χ3n) is 5.93. The van der Waals surface area contributed by atoms with Gasteiger partial charge in [-0.2, -0.15) is 0 Å². The minimum Gasteiger partial charge on any atom is -0.463 e. The van der Waals surface area contributed by atoms with Crippen LogP contribution in [0.1, 0.15) is 66.7 Å². The zero-order chi connectivity index (χ0) is 25.9. The number of aliphatic hydroxyl groups excluding tert-OH is 3. The number of carbonyl (C=O) groups is 2. The van der Waals surface area contributed by atoms with E-state index in [1.165, 1.54) is 19.4 Å². The highest BCUT2D eigenvalue weighted by molar-refractivity contribution is 5.66. The van der Waals surface area contributed by atoms with Crippen LogP contribution in [0, 0.1) is 5.92 Å². The lowest BCUT2D eigenvalue weighted by molar-refractivity contribution is -0.322. The van der Waals surface area contributed by atoms with Crippen LogP contribution < -0.4 is 0 Å². The van der Waals surface area contributed by atoms with E-state index in [4.69, 9.17) is 24.1 Å². The van der Waals surface area contributed by atoms with Gasteiger partial charge in [0.2, 0.25) is 0 Å². The average molecular weight is 487 g/mol. The maximum absolute atomic E-state index is 11.6. The van der Waals surface area contributed by atoms with Crippen molar-refractivity contribution in [1.82, 2.24) is 0 Å². The van der Waals surface area contributed by atoms with Crippen molar-refractivity contribution in [1.29, 1.82) is 0 Å². The van der Waals surface area contributed by atoms with Crippen LogP contribution in [0.5, 0.6) is 0 Å². The molecule has 1 saturated heterocycles. The van der Waals surface area contributed by atoms with Crippen LogP contribution in [0.3, 0.4) is 0 Å². The number of ether oxygens (including phenoxy) is 4. The van der Waals surface area contributed by atoms with Crippen molar-refractivity contribution < 1.29 is 43.9 Å². The number of allylic oxidation sites excluding steroid dienone is 2. The Morgan fingerprint density at radius 2 is 1.85 bits per heavy atom. The summed E-state index contributed by atoms with van der Waals surface area (Å²) in [4.78, 5) is 22.8. The van der Waals surface area contributed by atoms with Gasteiger partial charge < -0.3 is 34.3 Å². The SMILES string of the molecule is C=CC(C)(CCC=C(C)CCCC(C)CO)OC1OC(COC(C)=O)C(O)C(O)C1OC(C)=O. The number of aliphatic hydroxyl groups is 3. The molecule has 9 heteroatoms. The number of hydrogen-bond donors (Lipinski definition) is 3. The molecule has 1 fully saturated rings. The van der Waals surface area contributed by atoms with Crippen molar-refractivity contribution in [2.75, 3.05) is 13.2 Å². The highest BCUT2D eigenvalue weighted by Crippen LogP contribution is 2.31. The molecule has 0 amide bonds. The first-order chi connectivity index (χ1) is 15.9. The molecule has 3 N–H and O–H groups in total. The molecule has 196 valence electrons. The molecule has 7 atom stereocenters. The zero-order valence-electron chi connectivity index (χ0n) is 21.1. The molecular weight excluding hydrogens is 444 g/mol. The molecule has 0 aromatic rings. The van der Waals surface area contributed by atoms with E-state index in [1.54, 1.807) is 13.0 Å². The molecule has 1 aliphatic heterocycles. The van der Waals surface area contributed by atoms with Gasteiger partial charge in [-0.15, -0.1) is 6.58 Å². The van der Waals surface area contributed by atoms with Crippen LogP contribution in [0.2, 0.25) is 0 Å². The van der Waals surface area contributed by atoms with Crippen molar-refractivity contribution >= 4 is 11.9 Å². The fourth-order valence-corrected chi connectivity index (χ4v) is 3.66. The standard InChI is InChI=1S/C25H42O9/c1-7-25(6,13-9-12-16(2)10-8-11-17(3)14-26)34-24-23(32-19(5)28)22(30)21(29)20(33-24)15-31-18(4)27/h7,12,17,20-24,26,29-30H,1,8-11,13-15H2,2-6H3. The lowest BCUT2D eigenvalue weighted by Gasteiger charge is -2.44. The van der Waals surface area contributed by atoms with Crippen LogP contribution in [0.15, 0.2) is 24.3 Å². The van der Waals surface area contributed by atoms with E-state index in [1.807, 2.05) is 6.92 Å². The van der Waals surface area contributed by atoms with E-state index in [9.17, 15) is 19.8 Å². The summed E-state index contributed by atoms with van der Waals surface area (Å²) in [5.41, 5.74) is 0.349. The van der Waals surface area contributed by atoms with Crippen LogP contribution in [-0.4, -0.2) is 76.8 Å². The smallest absolute Gasteiger partial charge is 0.303 e. The van der Waals surface area contributed by atoms with Gasteiger partial charge in [-0.05, 0) is 51.9 Å². The minimum atomic E-state index is -1.50. The molecule has 1 rings (SSSR count). The fraction of sp³-hybridized carbons (Fsp3) is 0.760. The van der Waals surface area contributed by atoms with Crippen LogP contribution in [0.25, 0.3) is 0 Å². The van der Waals surface area contributed by atoms with Gasteiger partial charge in [0.25, 0.3) is 0 Å². The monoisotopic (exact) mass is 486 g/mol. The van der Waals surface area contributed by atoms with Crippen LogP contribution >= 0.6 is 0 Å². The molecule has 1 aliphatic rings. The number of rotatable bonds is 14. The van der Waals surface area contributed by atoms with Crippen LogP contribution in [0.4, 0.5) is 0 Å². The minimum absolute atomic E-state index is 0.197. The van der Waals surface area contributed by atoms with Crippen molar-refractivity contribution in [2.45, 2.75) is 103 Å². The molecule has 0 spiro atoms. The maximum atomic E-state index is 11.6. The molecule has 0 aromatic heterocycles. The van der Waals surface area contributed by atoms with E-state index in [0.717, 1.165) is 19.3 Å². The van der Waals surface area contributed by atoms with Gasteiger partial charge in [0, 0.05) is 20.5 Å². The predicted octanol–water partition coefficient (Wildman–Crippen LogP) is 2.41. The number of carbonyl (C=O) groups excluding carboxylic acids is 2. The lowest BCUT2D eigenvalue weighted by atomic mass is 9.96. The summed E-state index contributed by atoms with van der Waals surface area (Å²) in [6.07, 6.45) is 1.40. The Bertz CT molecular complexity index is 690. The summed E-state index contributed by atoms with van der Waals surface area (Å²) >= 11 is 0. The number of hydrogen-bond acceptors (Lipinski definition) is 9. The third-order valence-corrected chi connectivity index (χ3v) is 5.93. The van der Waals surface area contributed by atoms with Gasteiger partial charge in [-0.3, -0.25) is 9.59 Å². The second-order valence-electron chi connectivity index (χ2n) is 9.30. The first-order valence-corrected chi connectivity index (χ1v) is 11.8. The maximum Gasteiger partial charge on any atom is 0.303 e. The second kappa shape index (κ2) is 14.6. The molecule has 7 unspecified atom stereocenters. The van der Waals surface area contributed by atoms with E-state index in [2.05, 4.69) is 19.6 Å². The first-order valence-electron chi connectivity index (χ1n) is 11.8. The van der Waals surface area contributed by atoms with Gasteiger partial charge in [-0.1, -0.05) is 24.6 Å². The molecule has 9 nitrogen and oxygen atoms in total. The van der Waals surface area contributed by atoms with Gasteiger partial charge in [0.05, 0.1) is 5.60 Å². The first kappa shape index (κ1) is 30.3. The Labute approximate surface area is 202 Å². The largest absolute Gasteiger partial charge is 0.463 e. The lowest BCUT2D eigenvalue weighted by Crippen LogP contribution is -2.61. The Morgan fingerprint density at radius 1 is 1.18 bits per heavy atom. The van der Waals surface area contributed by atoms with E-state index < -0.39 is 48.2 Å². The second-order valence-corrected chi connectivity index (χ2v) is 9.30. The summed E-state index contributed by atoms with van der Waals surface area (Å²) < 4.78 is 22.0. The Morgan fingerprint density at radius 3 is 2.41 bits per heavy atom. The normalized spacial score (nSPS) is 28.0. The van der Waals surface area contributed by atoms with E-state index >= 15 is 0 Å². The van der Waals surface area contributed by atoms with Crippen molar-refractivity contribution in [2.24, 2.45) is 5.92 Å². The molecule has 34 heavy (non-hydrogen) atoms. The third kappa shape index (κ3) is 10.2. The topological polar surface area (TPSA) is 132 Å². The molecule has 1 heterocycles. The quantitative estimate of drug-likeness (QED) is 0.250. The Kier molecular flexibility index (Phi) is 13.0. The van der Waals surface area contributed by atoms with Gasteiger partial charge >= 0.3 is 11.9 Å². The summed E-state index contributed by atoms with van der Waals surface area (Å²) in [5, 5.41) is 30.1. The average Bonchev–Trinajstić information content (AvgIpc) is 2.77. The van der Waals surface area contributed by atoms with Gasteiger partial charge in [-0.25, -0.2) is 0 Å². The molecule has 0 saturated carbocycles. The molecule has 0 radical (unpaired) electrons. The molecule has 0 aliphatic carbocycles. The van der Waals surface area contributed by atoms with E-state index in [-0.39, 0.29) is 13.2 Å². The molecule has 0 bridgehead atoms. The summed E-state index contributed by atoms with van der Waals surface area (Å²) in [5.74, 6) is -0.931. The van der Waals surface area contributed by atoms with Crippen molar-refractivity contribution in [3.63, 3.8) is 0 Å². The predicted molar refractivity (Wildman–Crippen MR) is 126 cm³/mol. The number of esters is 2. The highest BCUT2D eigenvalue weighted by Gasteiger charge is 2.49. The Balaban J connectivity index is 2.85. The summed E-state index contributed by atoms with van der Waals surface area (Å²) in [6, 6.07) is 0. The van der Waals surface area contributed by atoms with Crippen molar-refractivity contribution in [3.8, 4) is 0 Å². The van der Waals surface area contributed by atoms with Crippen molar-refractivity contribution in [3.05, 3.63) is 24.3 Å². The Hall–Kier alpha value is -1.78. The highest BCUT2D eigenvalue weighted by atomic mass is 16.7. The fourth-order valence-electron chi connectivity index (χ4n) is 3.66. The zero-order valence-corrected chi connectivity index (χ0v) is 21.1. The summed E-state index contributed by atoms with van der Waals surface area (Å²) in [6.45, 7) is 12.1.